The third-order valence-electron chi connectivity index (χ3n) is 5.08. The average molecular weight is 392 g/mol. The normalized spacial score (nSPS) is 13.4. The lowest BCUT2D eigenvalue weighted by molar-refractivity contribution is -0.143. The van der Waals surface area contributed by atoms with Gasteiger partial charge in [-0.2, -0.15) is 0 Å². The number of esters is 1. The molecule has 1 aliphatic carbocycles. The van der Waals surface area contributed by atoms with Crippen LogP contribution in [0.2, 0.25) is 5.02 Å². The Kier molecular flexibility index (Phi) is 4.88. The van der Waals surface area contributed by atoms with Crippen molar-refractivity contribution in [3.8, 4) is 11.1 Å². The van der Waals surface area contributed by atoms with Gasteiger partial charge in [-0.1, -0.05) is 72.3 Å². The molecule has 0 unspecified atom stereocenters. The van der Waals surface area contributed by atoms with E-state index < -0.39 is 17.9 Å². The maximum atomic E-state index is 12.9. The molecule has 28 heavy (non-hydrogen) atoms. The smallest absolute Gasteiger partial charge is 0.329 e. The number of amides is 1. The Labute approximate surface area is 168 Å². The van der Waals surface area contributed by atoms with Gasteiger partial charge in [0.15, 0.2) is 0 Å². The molecule has 0 aliphatic heterocycles. The molecule has 0 radical (unpaired) electrons. The Morgan fingerprint density at radius 1 is 0.893 bits per heavy atom. The fraction of sp³-hybridized carbons (Fsp3) is 0.130. The number of fused-ring (bicyclic) bond motifs is 3. The molecule has 0 heterocycles. The van der Waals surface area contributed by atoms with E-state index in [-0.39, 0.29) is 5.92 Å². The summed E-state index contributed by atoms with van der Waals surface area (Å²) < 4.78 is 5.04. The number of hydrogen-bond donors (Lipinski definition) is 1. The second-order valence-electron chi connectivity index (χ2n) is 6.61. The number of methoxy groups -OCH3 is 1. The van der Waals surface area contributed by atoms with Crippen molar-refractivity contribution in [1.82, 2.24) is 5.32 Å². The van der Waals surface area contributed by atoms with Gasteiger partial charge in [0.05, 0.1) is 17.7 Å². The third-order valence-corrected chi connectivity index (χ3v) is 5.40. The number of nitrogens with one attached hydrogen (secondary N) is 1. The molecular weight excluding hydrogens is 374 g/mol. The summed E-state index contributed by atoms with van der Waals surface area (Å²) in [6.07, 6.45) is 0. The minimum atomic E-state index is -0.876. The van der Waals surface area contributed by atoms with Gasteiger partial charge >= 0.3 is 5.97 Å². The van der Waals surface area contributed by atoms with Crippen LogP contribution >= 0.6 is 11.6 Å². The van der Waals surface area contributed by atoms with Gasteiger partial charge in [-0.15, -0.1) is 0 Å². The number of hydrogen-bond acceptors (Lipinski definition) is 3. The van der Waals surface area contributed by atoms with Crippen molar-refractivity contribution in [3.05, 3.63) is 94.5 Å². The van der Waals surface area contributed by atoms with E-state index in [1.54, 1.807) is 24.3 Å². The number of halogens is 1. The molecular formula is C23H18ClNO3. The van der Waals surface area contributed by atoms with Crippen molar-refractivity contribution in [1.29, 1.82) is 0 Å². The standard InChI is InChI=1S/C23H18ClNO3/c1-28-23(27)21(25-22(26)18-12-6-7-13-19(18)24)20-16-10-4-2-8-14(16)15-9-3-5-11-17(15)20/h2-13,20-21H,1H3,(H,25,26)/t21-/m1/s1. The van der Waals surface area contributed by atoms with Crippen LogP contribution in [-0.4, -0.2) is 25.0 Å². The SMILES string of the molecule is COC(=O)[C@H](NC(=O)c1ccccc1Cl)C1c2ccccc2-c2ccccc21. The second kappa shape index (κ2) is 7.49. The maximum Gasteiger partial charge on any atom is 0.329 e. The fourth-order valence-electron chi connectivity index (χ4n) is 3.82. The van der Waals surface area contributed by atoms with E-state index in [0.717, 1.165) is 22.3 Å². The van der Waals surface area contributed by atoms with Crippen molar-refractivity contribution < 1.29 is 14.3 Å². The Balaban J connectivity index is 1.78. The number of benzene rings is 3. The molecule has 140 valence electrons. The van der Waals surface area contributed by atoms with E-state index in [1.165, 1.54) is 7.11 Å². The Hall–Kier alpha value is -3.11. The highest BCUT2D eigenvalue weighted by Crippen LogP contribution is 2.46. The van der Waals surface area contributed by atoms with Crippen LogP contribution in [0.5, 0.6) is 0 Å². The molecule has 0 saturated carbocycles. The van der Waals surface area contributed by atoms with E-state index >= 15 is 0 Å². The molecule has 0 saturated heterocycles. The molecule has 0 bridgehead atoms. The predicted molar refractivity (Wildman–Crippen MR) is 108 cm³/mol. The van der Waals surface area contributed by atoms with Crippen molar-refractivity contribution in [3.63, 3.8) is 0 Å². The zero-order chi connectivity index (χ0) is 19.7. The summed E-state index contributed by atoms with van der Waals surface area (Å²) in [5, 5.41) is 3.18. The Bertz CT molecular complexity index is 1020. The topological polar surface area (TPSA) is 55.4 Å². The van der Waals surface area contributed by atoms with Gasteiger partial charge in [0.2, 0.25) is 0 Å². The highest BCUT2D eigenvalue weighted by Gasteiger charge is 2.39. The van der Waals surface area contributed by atoms with Gasteiger partial charge in [-0.25, -0.2) is 4.79 Å². The van der Waals surface area contributed by atoms with Crippen molar-refractivity contribution >= 4 is 23.5 Å². The summed E-state index contributed by atoms with van der Waals surface area (Å²) in [5.41, 5.74) is 4.41. The lowest BCUT2D eigenvalue weighted by Crippen LogP contribution is -2.45. The maximum absolute atomic E-state index is 12.9. The van der Waals surface area contributed by atoms with Crippen LogP contribution in [-0.2, 0) is 9.53 Å². The summed E-state index contributed by atoms with van der Waals surface area (Å²) in [6.45, 7) is 0. The van der Waals surface area contributed by atoms with E-state index in [0.29, 0.717) is 10.6 Å². The molecule has 0 spiro atoms. The van der Waals surface area contributed by atoms with Gasteiger partial charge in [0, 0.05) is 5.92 Å². The van der Waals surface area contributed by atoms with Crippen molar-refractivity contribution in [2.24, 2.45) is 0 Å². The lowest BCUT2D eigenvalue weighted by Gasteiger charge is -2.24. The predicted octanol–water partition coefficient (Wildman–Crippen LogP) is 4.42. The molecule has 3 aromatic rings. The first-order valence-corrected chi connectivity index (χ1v) is 9.31. The van der Waals surface area contributed by atoms with Crippen LogP contribution in [0.4, 0.5) is 0 Å². The summed E-state index contributed by atoms with van der Waals surface area (Å²) >= 11 is 6.16. The van der Waals surface area contributed by atoms with Crippen LogP contribution in [0.15, 0.2) is 72.8 Å². The molecule has 1 amide bonds. The largest absolute Gasteiger partial charge is 0.467 e. The van der Waals surface area contributed by atoms with Gasteiger partial charge in [0.25, 0.3) is 5.91 Å². The van der Waals surface area contributed by atoms with Gasteiger partial charge in [0.1, 0.15) is 6.04 Å². The minimum absolute atomic E-state index is 0.317. The quantitative estimate of drug-likeness (QED) is 0.669. The number of carbonyl (C=O) groups excluding carboxylic acids is 2. The Morgan fingerprint density at radius 3 is 2.00 bits per heavy atom. The van der Waals surface area contributed by atoms with E-state index in [1.807, 2.05) is 48.5 Å². The summed E-state index contributed by atoms with van der Waals surface area (Å²) in [6, 6.07) is 21.7. The Morgan fingerprint density at radius 2 is 1.43 bits per heavy atom. The average Bonchev–Trinajstić information content (AvgIpc) is 3.06. The first-order chi connectivity index (χ1) is 13.6. The third kappa shape index (κ3) is 3.06. The van der Waals surface area contributed by atoms with Crippen LogP contribution in [0.25, 0.3) is 11.1 Å². The summed E-state index contributed by atoms with van der Waals surface area (Å²) in [5.74, 6) is -1.26. The zero-order valence-corrected chi connectivity index (χ0v) is 15.9. The van der Waals surface area contributed by atoms with Gasteiger partial charge in [-0.05, 0) is 34.4 Å². The van der Waals surface area contributed by atoms with Crippen LogP contribution in [0.1, 0.15) is 27.4 Å². The zero-order valence-electron chi connectivity index (χ0n) is 15.2. The first kappa shape index (κ1) is 18.3. The monoisotopic (exact) mass is 391 g/mol. The molecule has 1 atom stereocenters. The number of ether oxygens (including phenoxy) is 1. The first-order valence-electron chi connectivity index (χ1n) is 8.93. The van der Waals surface area contributed by atoms with E-state index in [2.05, 4.69) is 5.32 Å². The molecule has 1 N–H and O–H groups in total. The molecule has 1 aliphatic rings. The molecule has 5 heteroatoms. The molecule has 4 nitrogen and oxygen atoms in total. The van der Waals surface area contributed by atoms with E-state index in [4.69, 9.17) is 16.3 Å². The molecule has 3 aromatic carbocycles. The van der Waals surface area contributed by atoms with Crippen molar-refractivity contribution in [2.75, 3.05) is 7.11 Å². The van der Waals surface area contributed by atoms with Crippen LogP contribution in [0.3, 0.4) is 0 Å². The lowest BCUT2D eigenvalue weighted by atomic mass is 9.89. The van der Waals surface area contributed by atoms with Gasteiger partial charge < -0.3 is 10.1 Å². The highest BCUT2D eigenvalue weighted by molar-refractivity contribution is 6.33. The van der Waals surface area contributed by atoms with Crippen molar-refractivity contribution in [2.45, 2.75) is 12.0 Å². The minimum Gasteiger partial charge on any atom is -0.467 e. The number of rotatable bonds is 4. The van der Waals surface area contributed by atoms with E-state index in [9.17, 15) is 9.59 Å². The summed E-state index contributed by atoms with van der Waals surface area (Å²) in [7, 11) is 1.32. The second-order valence-corrected chi connectivity index (χ2v) is 7.01. The van der Waals surface area contributed by atoms with Gasteiger partial charge in [-0.3, -0.25) is 4.79 Å². The van der Waals surface area contributed by atoms with Crippen LogP contribution in [0, 0.1) is 0 Å². The highest BCUT2D eigenvalue weighted by atomic mass is 35.5. The molecule has 0 aromatic heterocycles. The molecule has 4 rings (SSSR count). The number of carbonyl (C=O) groups is 2. The molecule has 0 fully saturated rings. The van der Waals surface area contributed by atoms with Crippen LogP contribution < -0.4 is 5.32 Å². The summed E-state index contributed by atoms with van der Waals surface area (Å²) in [4.78, 5) is 25.6. The fourth-order valence-corrected chi connectivity index (χ4v) is 4.04.